The van der Waals surface area contributed by atoms with Gasteiger partial charge in [-0.2, -0.15) is 0 Å². The Hall–Kier alpha value is -1.07. The highest BCUT2D eigenvalue weighted by Crippen LogP contribution is 2.12. The minimum Gasteiger partial charge on any atom is -0.460 e. The van der Waals surface area contributed by atoms with Gasteiger partial charge in [-0.1, -0.05) is 0 Å². The fraction of sp³-hybridized carbons (Fsp3) is 0.700. The summed E-state index contributed by atoms with van der Waals surface area (Å²) in [4.78, 5) is 11.2. The highest BCUT2D eigenvalue weighted by molar-refractivity contribution is 5.82. The van der Waals surface area contributed by atoms with Crippen molar-refractivity contribution in [2.45, 2.75) is 12.5 Å². The summed E-state index contributed by atoms with van der Waals surface area (Å²) in [6.07, 6.45) is 2.35. The Labute approximate surface area is 89.4 Å². The topological polar surface area (TPSA) is 56.8 Å². The highest BCUT2D eigenvalue weighted by atomic mass is 16.6. The Morgan fingerprint density at radius 3 is 2.93 bits per heavy atom. The Kier molecular flexibility index (Phi) is 5.14. The van der Waals surface area contributed by atoms with E-state index in [9.17, 15) is 4.79 Å². The summed E-state index contributed by atoms with van der Waals surface area (Å²) in [6.45, 7) is 1.45. The lowest BCUT2D eigenvalue weighted by atomic mass is 10.2. The normalized spacial score (nSPS) is 22.8. The zero-order valence-electron chi connectivity index (χ0n) is 9.12. The van der Waals surface area contributed by atoms with Crippen LogP contribution in [0, 0.1) is 0 Å². The monoisotopic (exact) mass is 215 g/mol. The molecule has 1 saturated heterocycles. The van der Waals surface area contributed by atoms with Gasteiger partial charge in [0, 0.05) is 39.0 Å². The summed E-state index contributed by atoms with van der Waals surface area (Å²) in [5.74, 6) is -0.341. The van der Waals surface area contributed by atoms with Crippen molar-refractivity contribution in [1.29, 1.82) is 0 Å². The third-order valence-corrected chi connectivity index (χ3v) is 2.16. The maximum absolute atomic E-state index is 11.2. The molecule has 0 aromatic heterocycles. The third-order valence-electron chi connectivity index (χ3n) is 2.16. The molecule has 1 N–H and O–H groups in total. The number of carbonyl (C=O) groups excluding carboxylic acids is 1. The average Bonchev–Trinajstić information content (AvgIpc) is 2.66. The fourth-order valence-electron chi connectivity index (χ4n) is 1.32. The molecule has 15 heavy (non-hydrogen) atoms. The van der Waals surface area contributed by atoms with E-state index in [0.29, 0.717) is 6.61 Å². The van der Waals surface area contributed by atoms with E-state index in [1.807, 2.05) is 0 Å². The molecule has 1 atom stereocenters. The molecule has 5 heteroatoms. The molecule has 86 valence electrons. The lowest BCUT2D eigenvalue weighted by molar-refractivity contribution is -0.139. The van der Waals surface area contributed by atoms with Crippen molar-refractivity contribution in [3.05, 3.63) is 11.8 Å². The first-order valence-electron chi connectivity index (χ1n) is 4.89. The number of hydrogen-bond acceptors (Lipinski definition) is 5. The first-order valence-corrected chi connectivity index (χ1v) is 4.89. The van der Waals surface area contributed by atoms with Crippen LogP contribution in [-0.4, -0.2) is 46.1 Å². The Balaban J connectivity index is 2.27. The van der Waals surface area contributed by atoms with Gasteiger partial charge in [0.1, 0.15) is 6.61 Å². The van der Waals surface area contributed by atoms with Crippen molar-refractivity contribution < 1.29 is 19.0 Å². The summed E-state index contributed by atoms with van der Waals surface area (Å²) in [5, 5.41) is 3.08. The van der Waals surface area contributed by atoms with Crippen molar-refractivity contribution in [3.8, 4) is 0 Å². The molecule has 1 aliphatic rings. The molecule has 0 spiro atoms. The Morgan fingerprint density at radius 2 is 2.33 bits per heavy atom. The molecule has 1 rings (SSSR count). The molecular weight excluding hydrogens is 198 g/mol. The summed E-state index contributed by atoms with van der Waals surface area (Å²) in [5.41, 5.74) is 0.865. The summed E-state index contributed by atoms with van der Waals surface area (Å²) in [7, 11) is 3.22. The van der Waals surface area contributed by atoms with Gasteiger partial charge < -0.3 is 19.5 Å². The first-order chi connectivity index (χ1) is 7.26. The van der Waals surface area contributed by atoms with Crippen LogP contribution in [0.4, 0.5) is 0 Å². The maximum atomic E-state index is 11.2. The molecule has 0 saturated carbocycles. The van der Waals surface area contributed by atoms with Crippen molar-refractivity contribution in [2.24, 2.45) is 0 Å². The number of esters is 1. The first kappa shape index (κ1) is 12.0. The van der Waals surface area contributed by atoms with E-state index in [-0.39, 0.29) is 18.7 Å². The predicted octanol–water partition coefficient (Wildman–Crippen LogP) is 0.0682. The summed E-state index contributed by atoms with van der Waals surface area (Å²) >= 11 is 0. The molecule has 1 fully saturated rings. The van der Waals surface area contributed by atoms with Crippen LogP contribution in [0.1, 0.15) is 6.42 Å². The zero-order valence-corrected chi connectivity index (χ0v) is 9.12. The molecule has 5 nitrogen and oxygen atoms in total. The second kappa shape index (κ2) is 6.42. The smallest absolute Gasteiger partial charge is 0.332 e. The van der Waals surface area contributed by atoms with Crippen LogP contribution in [-0.2, 0) is 19.0 Å². The lowest BCUT2D eigenvalue weighted by Gasteiger charge is -2.02. The van der Waals surface area contributed by atoms with Gasteiger partial charge in [-0.05, 0) is 0 Å². The zero-order chi connectivity index (χ0) is 11.1. The van der Waals surface area contributed by atoms with Crippen LogP contribution in [0.2, 0.25) is 0 Å². The van der Waals surface area contributed by atoms with Gasteiger partial charge in [0.15, 0.2) is 0 Å². The summed E-state index contributed by atoms with van der Waals surface area (Å²) < 4.78 is 14.8. The second-order valence-electron chi connectivity index (χ2n) is 3.27. The highest BCUT2D eigenvalue weighted by Gasteiger charge is 2.18. The van der Waals surface area contributed by atoms with Crippen LogP contribution >= 0.6 is 0 Å². The third kappa shape index (κ3) is 4.31. The van der Waals surface area contributed by atoms with Crippen molar-refractivity contribution in [2.75, 3.05) is 34.0 Å². The van der Waals surface area contributed by atoms with Crippen molar-refractivity contribution >= 4 is 5.97 Å². The van der Waals surface area contributed by atoms with E-state index in [1.54, 1.807) is 14.2 Å². The number of ether oxygens (including phenoxy) is 3. The molecule has 0 aromatic rings. The van der Waals surface area contributed by atoms with Gasteiger partial charge in [-0.15, -0.1) is 0 Å². The SMILES string of the molecule is COCCOC(=O)/C=C1/CC(OC)CN1. The van der Waals surface area contributed by atoms with Crippen LogP contribution in [0.5, 0.6) is 0 Å². The van der Waals surface area contributed by atoms with Gasteiger partial charge in [0.25, 0.3) is 0 Å². The Bertz CT molecular complexity index is 240. The second-order valence-corrected chi connectivity index (χ2v) is 3.27. The molecule has 1 unspecified atom stereocenters. The number of carbonyl (C=O) groups is 1. The minimum atomic E-state index is -0.341. The lowest BCUT2D eigenvalue weighted by Crippen LogP contribution is -2.14. The molecule has 0 amide bonds. The van der Waals surface area contributed by atoms with Crippen LogP contribution in [0.15, 0.2) is 11.8 Å². The number of hydrogen-bond donors (Lipinski definition) is 1. The summed E-state index contributed by atoms with van der Waals surface area (Å²) in [6, 6.07) is 0. The molecule has 0 bridgehead atoms. The van der Waals surface area contributed by atoms with E-state index in [4.69, 9.17) is 14.2 Å². The van der Waals surface area contributed by atoms with Crippen LogP contribution < -0.4 is 5.32 Å². The average molecular weight is 215 g/mol. The van der Waals surface area contributed by atoms with Gasteiger partial charge in [-0.25, -0.2) is 4.79 Å². The van der Waals surface area contributed by atoms with E-state index in [1.165, 1.54) is 6.08 Å². The largest absolute Gasteiger partial charge is 0.460 e. The number of nitrogens with one attached hydrogen (secondary N) is 1. The van der Waals surface area contributed by atoms with Gasteiger partial charge in [0.05, 0.1) is 12.7 Å². The number of methoxy groups -OCH3 is 2. The molecule has 1 heterocycles. The maximum Gasteiger partial charge on any atom is 0.332 e. The number of rotatable bonds is 5. The van der Waals surface area contributed by atoms with Crippen LogP contribution in [0.25, 0.3) is 0 Å². The predicted molar refractivity (Wildman–Crippen MR) is 54.3 cm³/mol. The molecule has 0 aromatic carbocycles. The van der Waals surface area contributed by atoms with E-state index in [0.717, 1.165) is 18.7 Å². The van der Waals surface area contributed by atoms with Gasteiger partial charge >= 0.3 is 5.97 Å². The molecule has 0 radical (unpaired) electrons. The molecule has 0 aliphatic carbocycles. The molecule has 1 aliphatic heterocycles. The molecular formula is C10H17NO4. The minimum absolute atomic E-state index is 0.156. The van der Waals surface area contributed by atoms with E-state index in [2.05, 4.69) is 5.32 Å². The van der Waals surface area contributed by atoms with Crippen LogP contribution in [0.3, 0.4) is 0 Å². The van der Waals surface area contributed by atoms with E-state index < -0.39 is 0 Å². The van der Waals surface area contributed by atoms with Crippen molar-refractivity contribution in [3.63, 3.8) is 0 Å². The standard InChI is InChI=1S/C10H17NO4/c1-13-3-4-15-10(12)6-8-5-9(14-2)7-11-8/h6,9,11H,3-5,7H2,1-2H3/b8-6-. The quantitative estimate of drug-likeness (QED) is 0.399. The van der Waals surface area contributed by atoms with E-state index >= 15 is 0 Å². The fourth-order valence-corrected chi connectivity index (χ4v) is 1.32. The van der Waals surface area contributed by atoms with Gasteiger partial charge in [0.2, 0.25) is 0 Å². The van der Waals surface area contributed by atoms with Gasteiger partial charge in [-0.3, -0.25) is 0 Å². The Morgan fingerprint density at radius 1 is 1.53 bits per heavy atom. The van der Waals surface area contributed by atoms with Crippen molar-refractivity contribution in [1.82, 2.24) is 5.32 Å².